The van der Waals surface area contributed by atoms with Crippen molar-refractivity contribution in [1.29, 1.82) is 0 Å². The molecule has 0 radical (unpaired) electrons. The fraction of sp³-hybridized carbons (Fsp3) is 0.385. The van der Waals surface area contributed by atoms with E-state index in [0.717, 1.165) is 29.4 Å². The Morgan fingerprint density at radius 2 is 2.11 bits per heavy atom. The summed E-state index contributed by atoms with van der Waals surface area (Å²) in [4.78, 5) is 1.23. The smallest absolute Gasteiger partial charge is 0.136 e. The first-order chi connectivity index (χ1) is 9.33. The second-order valence-electron chi connectivity index (χ2n) is 3.94. The summed E-state index contributed by atoms with van der Waals surface area (Å²) >= 11 is 3.09. The lowest BCUT2D eigenvalue weighted by Gasteiger charge is -2.07. The lowest BCUT2D eigenvalue weighted by atomic mass is 10.3. The van der Waals surface area contributed by atoms with Crippen molar-refractivity contribution in [3.63, 3.8) is 0 Å². The lowest BCUT2D eigenvalue weighted by Crippen LogP contribution is -2.03. The van der Waals surface area contributed by atoms with E-state index in [1.165, 1.54) is 16.4 Å². The van der Waals surface area contributed by atoms with Gasteiger partial charge < -0.3 is 10.1 Å². The molecule has 0 fully saturated rings. The summed E-state index contributed by atoms with van der Waals surface area (Å²) in [6.45, 7) is 3.51. The zero-order valence-corrected chi connectivity index (χ0v) is 12.7. The number of benzene rings is 1. The number of nitrogens with one attached hydrogen (secondary N) is 1. The first kappa shape index (κ1) is 14.1. The highest BCUT2D eigenvalue weighted by molar-refractivity contribution is 7.98. The van der Waals surface area contributed by atoms with Crippen molar-refractivity contribution in [3.8, 4) is 5.75 Å². The number of nitrogens with zero attached hydrogens (tertiary/aromatic N) is 2. The van der Waals surface area contributed by atoms with Gasteiger partial charge in [-0.05, 0) is 36.9 Å². The summed E-state index contributed by atoms with van der Waals surface area (Å²) in [7, 11) is 0. The molecule has 6 heteroatoms. The fourth-order valence-corrected chi connectivity index (χ4v) is 2.50. The number of thioether (sulfide) groups is 1. The summed E-state index contributed by atoms with van der Waals surface area (Å²) in [5, 5.41) is 8.40. The minimum Gasteiger partial charge on any atom is -0.487 e. The SMILES string of the molecule is CCCNc1snnc1COc1ccc(SC)cc1. The van der Waals surface area contributed by atoms with Gasteiger partial charge in [0.25, 0.3) is 0 Å². The second-order valence-corrected chi connectivity index (χ2v) is 5.57. The highest BCUT2D eigenvalue weighted by Crippen LogP contribution is 2.22. The summed E-state index contributed by atoms with van der Waals surface area (Å²) in [5.41, 5.74) is 0.868. The van der Waals surface area contributed by atoms with Gasteiger partial charge in [-0.15, -0.1) is 16.9 Å². The number of hydrogen-bond donors (Lipinski definition) is 1. The number of hydrogen-bond acceptors (Lipinski definition) is 6. The molecule has 0 atom stereocenters. The highest BCUT2D eigenvalue weighted by atomic mass is 32.2. The molecule has 0 amide bonds. The molecule has 1 heterocycles. The molecule has 2 aromatic rings. The Morgan fingerprint density at radius 3 is 2.79 bits per heavy atom. The first-order valence-corrected chi connectivity index (χ1v) is 8.15. The van der Waals surface area contributed by atoms with E-state index in [0.29, 0.717) is 6.61 Å². The Morgan fingerprint density at radius 1 is 1.32 bits per heavy atom. The average molecular weight is 295 g/mol. The normalized spacial score (nSPS) is 10.4. The predicted octanol–water partition coefficient (Wildman–Crippen LogP) is 3.66. The monoisotopic (exact) mass is 295 g/mol. The fourth-order valence-electron chi connectivity index (χ4n) is 1.50. The lowest BCUT2D eigenvalue weighted by molar-refractivity contribution is 0.301. The van der Waals surface area contributed by atoms with E-state index in [2.05, 4.69) is 40.2 Å². The first-order valence-electron chi connectivity index (χ1n) is 6.15. The highest BCUT2D eigenvalue weighted by Gasteiger charge is 2.08. The predicted molar refractivity (Wildman–Crippen MR) is 81.2 cm³/mol. The van der Waals surface area contributed by atoms with E-state index in [9.17, 15) is 0 Å². The van der Waals surface area contributed by atoms with Gasteiger partial charge in [0.1, 0.15) is 23.1 Å². The Labute approximate surface area is 121 Å². The molecular formula is C13H17N3OS2. The summed E-state index contributed by atoms with van der Waals surface area (Å²) in [6.07, 6.45) is 3.14. The van der Waals surface area contributed by atoms with Gasteiger partial charge >= 0.3 is 0 Å². The van der Waals surface area contributed by atoms with Crippen LogP contribution in [0.25, 0.3) is 0 Å². The molecule has 4 nitrogen and oxygen atoms in total. The molecule has 2 rings (SSSR count). The Hall–Kier alpha value is -1.27. The summed E-state index contributed by atoms with van der Waals surface area (Å²) < 4.78 is 9.69. The van der Waals surface area contributed by atoms with E-state index >= 15 is 0 Å². The van der Waals surface area contributed by atoms with E-state index in [-0.39, 0.29) is 0 Å². The molecule has 0 spiro atoms. The van der Waals surface area contributed by atoms with Crippen molar-refractivity contribution in [2.75, 3.05) is 18.1 Å². The van der Waals surface area contributed by atoms with Crippen LogP contribution in [-0.2, 0) is 6.61 Å². The molecule has 1 aromatic heterocycles. The topological polar surface area (TPSA) is 47.0 Å². The van der Waals surface area contributed by atoms with Crippen molar-refractivity contribution in [3.05, 3.63) is 30.0 Å². The third kappa shape index (κ3) is 4.11. The van der Waals surface area contributed by atoms with Gasteiger partial charge in [0.2, 0.25) is 0 Å². The molecule has 0 saturated heterocycles. The van der Waals surface area contributed by atoms with Gasteiger partial charge in [-0.3, -0.25) is 0 Å². The number of aromatic nitrogens is 2. The van der Waals surface area contributed by atoms with Crippen LogP contribution in [0.5, 0.6) is 5.75 Å². The number of anilines is 1. The van der Waals surface area contributed by atoms with Crippen LogP contribution in [0.2, 0.25) is 0 Å². The maximum absolute atomic E-state index is 5.73. The van der Waals surface area contributed by atoms with Crippen LogP contribution in [0, 0.1) is 0 Å². The Kier molecular flexibility index (Phi) is 5.47. The zero-order chi connectivity index (χ0) is 13.5. The zero-order valence-electron chi connectivity index (χ0n) is 11.0. The summed E-state index contributed by atoms with van der Waals surface area (Å²) in [5.74, 6) is 0.854. The molecule has 0 aliphatic heterocycles. The van der Waals surface area contributed by atoms with Gasteiger partial charge in [-0.1, -0.05) is 11.4 Å². The third-order valence-electron chi connectivity index (χ3n) is 2.53. The van der Waals surface area contributed by atoms with Gasteiger partial charge in [-0.2, -0.15) is 0 Å². The molecule has 1 N–H and O–H groups in total. The maximum Gasteiger partial charge on any atom is 0.136 e. The van der Waals surface area contributed by atoms with E-state index < -0.39 is 0 Å². The molecule has 0 unspecified atom stereocenters. The average Bonchev–Trinajstić information content (AvgIpc) is 2.91. The van der Waals surface area contributed by atoms with Crippen molar-refractivity contribution in [2.45, 2.75) is 24.8 Å². The standard InChI is InChI=1S/C13H17N3OS2/c1-3-8-14-13-12(15-16-19-13)9-17-10-4-6-11(18-2)7-5-10/h4-7,14H,3,8-9H2,1-2H3. The van der Waals surface area contributed by atoms with Gasteiger partial charge in [0, 0.05) is 23.0 Å². The van der Waals surface area contributed by atoms with Gasteiger partial charge in [-0.25, -0.2) is 0 Å². The second kappa shape index (κ2) is 7.35. The minimum absolute atomic E-state index is 0.446. The summed E-state index contributed by atoms with van der Waals surface area (Å²) in [6, 6.07) is 8.06. The van der Waals surface area contributed by atoms with Crippen LogP contribution >= 0.6 is 23.3 Å². The molecule has 0 aliphatic carbocycles. The number of ether oxygens (including phenoxy) is 1. The van der Waals surface area contributed by atoms with Crippen molar-refractivity contribution in [1.82, 2.24) is 9.59 Å². The van der Waals surface area contributed by atoms with E-state index in [1.54, 1.807) is 11.8 Å². The van der Waals surface area contributed by atoms with Gasteiger partial charge in [0.05, 0.1) is 0 Å². The van der Waals surface area contributed by atoms with Crippen molar-refractivity contribution in [2.24, 2.45) is 0 Å². The van der Waals surface area contributed by atoms with Crippen molar-refractivity contribution < 1.29 is 4.74 Å². The van der Waals surface area contributed by atoms with Crippen molar-refractivity contribution >= 4 is 28.3 Å². The third-order valence-corrected chi connectivity index (χ3v) is 4.00. The maximum atomic E-state index is 5.73. The van der Waals surface area contributed by atoms with Gasteiger partial charge in [0.15, 0.2) is 0 Å². The van der Waals surface area contributed by atoms with Crippen LogP contribution in [0.4, 0.5) is 5.00 Å². The Balaban J connectivity index is 1.92. The largest absolute Gasteiger partial charge is 0.487 e. The molecule has 19 heavy (non-hydrogen) atoms. The van der Waals surface area contributed by atoms with Crippen LogP contribution in [-0.4, -0.2) is 22.4 Å². The molecule has 1 aromatic carbocycles. The van der Waals surface area contributed by atoms with Crippen LogP contribution in [0.3, 0.4) is 0 Å². The molecule has 0 bridgehead atoms. The molecule has 102 valence electrons. The minimum atomic E-state index is 0.446. The van der Waals surface area contributed by atoms with Crippen LogP contribution < -0.4 is 10.1 Å². The number of rotatable bonds is 7. The quantitative estimate of drug-likeness (QED) is 0.790. The van der Waals surface area contributed by atoms with Crippen LogP contribution in [0.15, 0.2) is 29.2 Å². The van der Waals surface area contributed by atoms with E-state index in [4.69, 9.17) is 4.74 Å². The van der Waals surface area contributed by atoms with E-state index in [1.807, 2.05) is 12.1 Å². The molecule has 0 saturated carbocycles. The molecular weight excluding hydrogens is 278 g/mol. The molecule has 0 aliphatic rings. The van der Waals surface area contributed by atoms with Crippen LogP contribution in [0.1, 0.15) is 19.0 Å². The Bertz CT molecular complexity index is 499.